The molecule has 0 unspecified atom stereocenters. The van der Waals surface area contributed by atoms with E-state index >= 15 is 0 Å². The lowest BCUT2D eigenvalue weighted by atomic mass is 10.0. The monoisotopic (exact) mass is 325 g/mol. The highest BCUT2D eigenvalue weighted by molar-refractivity contribution is 6.04. The van der Waals surface area contributed by atoms with E-state index in [-0.39, 0.29) is 6.10 Å². The van der Waals surface area contributed by atoms with Crippen LogP contribution < -0.4 is 9.47 Å². The first-order valence-electron chi connectivity index (χ1n) is 7.77. The van der Waals surface area contributed by atoms with Crippen LogP contribution in [0.25, 0.3) is 0 Å². The molecule has 1 aliphatic rings. The molecule has 0 spiro atoms. The molecule has 0 saturated heterocycles. The molecule has 0 aromatic heterocycles. The molecule has 3 rings (SSSR count). The van der Waals surface area contributed by atoms with Crippen LogP contribution in [0.3, 0.4) is 0 Å². The van der Waals surface area contributed by atoms with Crippen molar-refractivity contribution in [1.29, 1.82) is 0 Å². The minimum atomic E-state index is -0.475. The Bertz CT molecular complexity index is 780. The average molecular weight is 325 g/mol. The summed E-state index contributed by atoms with van der Waals surface area (Å²) in [7, 11) is 1.60. The van der Waals surface area contributed by atoms with Gasteiger partial charge in [-0.15, -0.1) is 0 Å². The Morgan fingerprint density at radius 2 is 1.96 bits per heavy atom. The van der Waals surface area contributed by atoms with Crippen molar-refractivity contribution in [3.05, 3.63) is 59.2 Å². The van der Waals surface area contributed by atoms with Gasteiger partial charge >= 0.3 is 5.97 Å². The van der Waals surface area contributed by atoms with Crippen LogP contribution in [-0.2, 0) is 4.84 Å². The summed E-state index contributed by atoms with van der Waals surface area (Å²) in [5, 5.41) is 4.08. The zero-order valence-electron chi connectivity index (χ0n) is 13.9. The minimum absolute atomic E-state index is 0.0542. The van der Waals surface area contributed by atoms with Crippen LogP contribution in [0.15, 0.2) is 47.6 Å². The number of methoxy groups -OCH3 is 1. The van der Waals surface area contributed by atoms with E-state index in [1.165, 1.54) is 0 Å². The van der Waals surface area contributed by atoms with Gasteiger partial charge in [-0.1, -0.05) is 22.9 Å². The molecule has 1 heterocycles. The van der Waals surface area contributed by atoms with Crippen LogP contribution in [0, 0.1) is 6.92 Å². The standard InChI is InChI=1S/C19H19NO4/c1-12-4-6-14(7-5-12)19(21)24-20-17-10-13(2)23-18-11-15(22-3)8-9-16(17)18/h4-9,11,13H,10H2,1-3H3/b20-17+/t13-/m0/s1. The van der Waals surface area contributed by atoms with E-state index in [4.69, 9.17) is 14.3 Å². The maximum atomic E-state index is 12.1. The zero-order chi connectivity index (χ0) is 17.1. The number of rotatable bonds is 3. The molecule has 0 amide bonds. The number of oxime groups is 1. The molecule has 0 N–H and O–H groups in total. The summed E-state index contributed by atoms with van der Waals surface area (Å²) in [5.74, 6) is 0.911. The van der Waals surface area contributed by atoms with Gasteiger partial charge in [0.1, 0.15) is 17.6 Å². The van der Waals surface area contributed by atoms with E-state index in [0.29, 0.717) is 29.2 Å². The van der Waals surface area contributed by atoms with Crippen molar-refractivity contribution in [1.82, 2.24) is 0 Å². The minimum Gasteiger partial charge on any atom is -0.497 e. The molecule has 0 fully saturated rings. The number of ether oxygens (including phenoxy) is 2. The third kappa shape index (κ3) is 3.40. The Labute approximate surface area is 140 Å². The normalized spacial score (nSPS) is 17.8. The molecule has 1 aliphatic heterocycles. The van der Waals surface area contributed by atoms with Crippen LogP contribution in [0.2, 0.25) is 0 Å². The fourth-order valence-electron chi connectivity index (χ4n) is 2.53. The van der Waals surface area contributed by atoms with Crippen LogP contribution >= 0.6 is 0 Å². The number of carbonyl (C=O) groups excluding carboxylic acids is 1. The topological polar surface area (TPSA) is 57.1 Å². The summed E-state index contributed by atoms with van der Waals surface area (Å²) in [6.45, 7) is 3.91. The third-order valence-electron chi connectivity index (χ3n) is 3.83. The SMILES string of the molecule is COc1ccc2c(c1)O[C@@H](C)C/C2=N\OC(=O)c1ccc(C)cc1. The fourth-order valence-corrected chi connectivity index (χ4v) is 2.53. The van der Waals surface area contributed by atoms with Gasteiger partial charge in [0.2, 0.25) is 0 Å². The summed E-state index contributed by atoms with van der Waals surface area (Å²) in [6, 6.07) is 12.7. The lowest BCUT2D eigenvalue weighted by Gasteiger charge is -2.24. The van der Waals surface area contributed by atoms with Gasteiger partial charge in [0.15, 0.2) is 0 Å². The third-order valence-corrected chi connectivity index (χ3v) is 3.83. The highest BCUT2D eigenvalue weighted by atomic mass is 16.7. The van der Waals surface area contributed by atoms with Gasteiger partial charge in [-0.05, 0) is 38.1 Å². The highest BCUT2D eigenvalue weighted by Crippen LogP contribution is 2.31. The van der Waals surface area contributed by atoms with E-state index < -0.39 is 5.97 Å². The molecule has 2 aromatic rings. The van der Waals surface area contributed by atoms with Crippen LogP contribution in [-0.4, -0.2) is 24.9 Å². The van der Waals surface area contributed by atoms with Gasteiger partial charge in [0.25, 0.3) is 0 Å². The summed E-state index contributed by atoms with van der Waals surface area (Å²) >= 11 is 0. The Balaban J connectivity index is 1.83. The second-order valence-electron chi connectivity index (χ2n) is 5.78. The van der Waals surface area contributed by atoms with Gasteiger partial charge in [-0.2, -0.15) is 0 Å². The van der Waals surface area contributed by atoms with Crippen LogP contribution in [0.5, 0.6) is 11.5 Å². The number of fused-ring (bicyclic) bond motifs is 1. The maximum absolute atomic E-state index is 12.1. The van der Waals surface area contributed by atoms with E-state index in [0.717, 1.165) is 11.1 Å². The van der Waals surface area contributed by atoms with E-state index in [1.54, 1.807) is 19.2 Å². The van der Waals surface area contributed by atoms with Crippen molar-refractivity contribution in [2.75, 3.05) is 7.11 Å². The molecule has 24 heavy (non-hydrogen) atoms. The molecule has 5 heteroatoms. The Morgan fingerprint density at radius 3 is 2.67 bits per heavy atom. The molecular weight excluding hydrogens is 306 g/mol. The second kappa shape index (κ2) is 6.74. The van der Waals surface area contributed by atoms with Crippen molar-refractivity contribution in [3.63, 3.8) is 0 Å². The Hall–Kier alpha value is -2.82. The van der Waals surface area contributed by atoms with Gasteiger partial charge < -0.3 is 14.3 Å². The van der Waals surface area contributed by atoms with Crippen LogP contribution in [0.1, 0.15) is 34.8 Å². The molecule has 2 aromatic carbocycles. The molecule has 0 radical (unpaired) electrons. The first-order valence-corrected chi connectivity index (χ1v) is 7.77. The molecule has 5 nitrogen and oxygen atoms in total. The Kier molecular flexibility index (Phi) is 4.51. The molecule has 0 aliphatic carbocycles. The molecule has 1 atom stereocenters. The number of benzene rings is 2. The molecule has 0 bridgehead atoms. The smallest absolute Gasteiger partial charge is 0.365 e. The second-order valence-corrected chi connectivity index (χ2v) is 5.78. The summed E-state index contributed by atoms with van der Waals surface area (Å²) < 4.78 is 11.0. The predicted molar refractivity (Wildman–Crippen MR) is 90.8 cm³/mol. The first kappa shape index (κ1) is 16.1. The number of hydrogen-bond acceptors (Lipinski definition) is 5. The average Bonchev–Trinajstić information content (AvgIpc) is 2.59. The van der Waals surface area contributed by atoms with E-state index in [2.05, 4.69) is 5.16 Å². The lowest BCUT2D eigenvalue weighted by Crippen LogP contribution is -2.25. The van der Waals surface area contributed by atoms with Crippen molar-refractivity contribution in [2.24, 2.45) is 5.16 Å². The molecular formula is C19H19NO4. The summed E-state index contributed by atoms with van der Waals surface area (Å²) in [6.07, 6.45) is 0.516. The quantitative estimate of drug-likeness (QED) is 0.637. The van der Waals surface area contributed by atoms with Gasteiger partial charge in [-0.3, -0.25) is 0 Å². The van der Waals surface area contributed by atoms with Gasteiger partial charge in [0, 0.05) is 18.1 Å². The number of nitrogens with zero attached hydrogens (tertiary/aromatic N) is 1. The van der Waals surface area contributed by atoms with Crippen molar-refractivity contribution in [2.45, 2.75) is 26.4 Å². The largest absolute Gasteiger partial charge is 0.497 e. The van der Waals surface area contributed by atoms with Crippen molar-refractivity contribution < 1.29 is 19.1 Å². The summed E-state index contributed by atoms with van der Waals surface area (Å²) in [5.41, 5.74) is 3.05. The molecule has 0 saturated carbocycles. The first-order chi connectivity index (χ1) is 11.6. The highest BCUT2D eigenvalue weighted by Gasteiger charge is 2.23. The summed E-state index contributed by atoms with van der Waals surface area (Å²) in [4.78, 5) is 17.2. The molecule has 124 valence electrons. The number of hydrogen-bond donors (Lipinski definition) is 0. The van der Waals surface area contributed by atoms with Gasteiger partial charge in [-0.25, -0.2) is 4.79 Å². The predicted octanol–water partition coefficient (Wildman–Crippen LogP) is 3.74. The fraction of sp³-hybridized carbons (Fsp3) is 0.263. The maximum Gasteiger partial charge on any atom is 0.365 e. The van der Waals surface area contributed by atoms with Crippen LogP contribution in [0.4, 0.5) is 0 Å². The number of aryl methyl sites for hydroxylation is 1. The Morgan fingerprint density at radius 1 is 1.21 bits per heavy atom. The van der Waals surface area contributed by atoms with E-state index in [1.807, 2.05) is 44.2 Å². The van der Waals surface area contributed by atoms with E-state index in [9.17, 15) is 4.79 Å². The lowest BCUT2D eigenvalue weighted by molar-refractivity contribution is 0.0513. The van der Waals surface area contributed by atoms with Gasteiger partial charge in [0.05, 0.1) is 18.4 Å². The van der Waals surface area contributed by atoms with Crippen molar-refractivity contribution in [3.8, 4) is 11.5 Å². The zero-order valence-corrected chi connectivity index (χ0v) is 13.9. The number of carbonyl (C=O) groups is 1. The van der Waals surface area contributed by atoms with Crippen molar-refractivity contribution >= 4 is 11.7 Å².